The van der Waals surface area contributed by atoms with Crippen molar-refractivity contribution in [3.63, 3.8) is 0 Å². The molecule has 3 aromatic carbocycles. The standard InChI is InChI=1S/C28H27N3O2/c32-28(30-33)15-11-20-10-13-25-21(18-20)12-14-27(25)31(23-6-2-1-3-7-23)17-16-22-19-29-26-9-5-4-8-24(22)26/h1-11,13,15,18-19,27,29,33H,12,14,16-17H2,(H,30,32). The van der Waals surface area contributed by atoms with E-state index in [0.717, 1.165) is 31.4 Å². The monoisotopic (exact) mass is 437 g/mol. The summed E-state index contributed by atoms with van der Waals surface area (Å²) >= 11 is 0. The first kappa shape index (κ1) is 21.0. The molecule has 0 aliphatic heterocycles. The molecule has 4 aromatic rings. The Hall–Kier alpha value is -3.83. The van der Waals surface area contributed by atoms with Crippen LogP contribution < -0.4 is 10.4 Å². The Morgan fingerprint density at radius 3 is 2.76 bits per heavy atom. The Kier molecular flexibility index (Phi) is 5.96. The van der Waals surface area contributed by atoms with E-state index in [1.54, 1.807) is 11.6 Å². The first-order chi connectivity index (χ1) is 16.2. The molecule has 0 radical (unpaired) electrons. The molecule has 0 saturated carbocycles. The van der Waals surface area contributed by atoms with E-state index in [1.165, 1.54) is 39.4 Å². The minimum atomic E-state index is -0.527. The lowest BCUT2D eigenvalue weighted by molar-refractivity contribution is -0.124. The third-order valence-electron chi connectivity index (χ3n) is 6.51. The summed E-state index contributed by atoms with van der Waals surface area (Å²) in [5.41, 5.74) is 9.01. The molecule has 1 aliphatic rings. The van der Waals surface area contributed by atoms with Crippen LogP contribution in [0.2, 0.25) is 0 Å². The average Bonchev–Trinajstić information content (AvgIpc) is 3.47. The Labute approximate surface area is 193 Å². The molecule has 1 unspecified atom stereocenters. The Morgan fingerprint density at radius 2 is 1.91 bits per heavy atom. The van der Waals surface area contributed by atoms with Gasteiger partial charge in [0.05, 0.1) is 6.04 Å². The number of benzene rings is 3. The Balaban J connectivity index is 1.41. The maximum absolute atomic E-state index is 11.3. The SMILES string of the molecule is O=C(C=Cc1ccc2c(c1)CCC2N(CCc1c[nH]c2ccccc12)c1ccccc1)NO. The van der Waals surface area contributed by atoms with Gasteiger partial charge in [-0.1, -0.05) is 54.6 Å². The number of hydrogen-bond donors (Lipinski definition) is 3. The second-order valence-corrected chi connectivity index (χ2v) is 8.46. The molecule has 1 amide bonds. The summed E-state index contributed by atoms with van der Waals surface area (Å²) in [7, 11) is 0. The van der Waals surface area contributed by atoms with Crippen molar-refractivity contribution in [3.8, 4) is 0 Å². The number of hydrogen-bond acceptors (Lipinski definition) is 3. The second-order valence-electron chi connectivity index (χ2n) is 8.46. The lowest BCUT2D eigenvalue weighted by Gasteiger charge is -2.32. The van der Waals surface area contributed by atoms with Crippen molar-refractivity contribution < 1.29 is 10.0 Å². The lowest BCUT2D eigenvalue weighted by Crippen LogP contribution is -2.29. The minimum Gasteiger partial charge on any atom is -0.364 e. The molecule has 3 N–H and O–H groups in total. The van der Waals surface area contributed by atoms with E-state index in [-0.39, 0.29) is 0 Å². The van der Waals surface area contributed by atoms with Crippen LogP contribution in [0.1, 0.15) is 34.7 Å². The molecule has 1 aliphatic carbocycles. The van der Waals surface area contributed by atoms with E-state index in [1.807, 2.05) is 6.07 Å². The average molecular weight is 438 g/mol. The zero-order valence-corrected chi connectivity index (χ0v) is 18.4. The van der Waals surface area contributed by atoms with E-state index in [9.17, 15) is 4.79 Å². The van der Waals surface area contributed by atoms with Crippen LogP contribution in [-0.4, -0.2) is 22.6 Å². The highest BCUT2D eigenvalue weighted by atomic mass is 16.5. The zero-order valence-electron chi connectivity index (χ0n) is 18.4. The zero-order chi connectivity index (χ0) is 22.6. The van der Waals surface area contributed by atoms with Gasteiger partial charge in [0, 0.05) is 35.4 Å². The number of fused-ring (bicyclic) bond motifs is 2. The summed E-state index contributed by atoms with van der Waals surface area (Å²) in [4.78, 5) is 17.2. The van der Waals surface area contributed by atoms with Gasteiger partial charge in [-0.3, -0.25) is 10.0 Å². The first-order valence-corrected chi connectivity index (χ1v) is 11.3. The largest absolute Gasteiger partial charge is 0.364 e. The highest BCUT2D eigenvalue weighted by molar-refractivity contribution is 5.90. The summed E-state index contributed by atoms with van der Waals surface area (Å²) in [6.45, 7) is 0.925. The number of aromatic nitrogens is 1. The topological polar surface area (TPSA) is 68.4 Å². The predicted molar refractivity (Wildman–Crippen MR) is 132 cm³/mol. The molecule has 166 valence electrons. The van der Waals surface area contributed by atoms with Crippen molar-refractivity contribution in [1.29, 1.82) is 0 Å². The molecule has 0 bridgehead atoms. The number of nitrogens with zero attached hydrogens (tertiary/aromatic N) is 1. The van der Waals surface area contributed by atoms with E-state index < -0.39 is 5.91 Å². The van der Waals surface area contributed by atoms with Crippen LogP contribution in [0.4, 0.5) is 5.69 Å². The maximum Gasteiger partial charge on any atom is 0.267 e. The van der Waals surface area contributed by atoms with Crippen LogP contribution in [0, 0.1) is 0 Å². The van der Waals surface area contributed by atoms with Crippen molar-refractivity contribution in [2.75, 3.05) is 11.4 Å². The first-order valence-electron chi connectivity index (χ1n) is 11.3. The fourth-order valence-electron chi connectivity index (χ4n) is 4.92. The maximum atomic E-state index is 11.3. The number of carbonyl (C=O) groups is 1. The number of para-hydroxylation sites is 2. The number of aryl methyl sites for hydroxylation is 1. The number of hydroxylamine groups is 1. The van der Waals surface area contributed by atoms with Gasteiger partial charge in [-0.05, 0) is 65.8 Å². The van der Waals surface area contributed by atoms with Gasteiger partial charge in [0.25, 0.3) is 5.91 Å². The van der Waals surface area contributed by atoms with Gasteiger partial charge in [-0.2, -0.15) is 0 Å². The summed E-state index contributed by atoms with van der Waals surface area (Å²) in [5.74, 6) is -0.527. The summed E-state index contributed by atoms with van der Waals surface area (Å²) in [6.07, 6.45) is 8.23. The number of nitrogens with one attached hydrogen (secondary N) is 2. The highest BCUT2D eigenvalue weighted by Crippen LogP contribution is 2.39. The van der Waals surface area contributed by atoms with Gasteiger partial charge in [-0.15, -0.1) is 0 Å². The van der Waals surface area contributed by atoms with Gasteiger partial charge in [0.15, 0.2) is 0 Å². The van der Waals surface area contributed by atoms with E-state index in [2.05, 4.69) is 82.8 Å². The molecule has 5 rings (SSSR count). The molecule has 1 heterocycles. The number of anilines is 1. The number of H-pyrrole nitrogens is 1. The van der Waals surface area contributed by atoms with E-state index >= 15 is 0 Å². The van der Waals surface area contributed by atoms with E-state index in [4.69, 9.17) is 5.21 Å². The number of carbonyl (C=O) groups excluding carboxylic acids is 1. The van der Waals surface area contributed by atoms with Crippen molar-refractivity contribution in [2.45, 2.75) is 25.3 Å². The molecule has 5 nitrogen and oxygen atoms in total. The van der Waals surface area contributed by atoms with Gasteiger partial charge in [-0.25, -0.2) is 5.48 Å². The fraction of sp³-hybridized carbons (Fsp3) is 0.179. The van der Waals surface area contributed by atoms with Crippen LogP contribution in [-0.2, 0) is 17.6 Å². The van der Waals surface area contributed by atoms with Crippen molar-refractivity contribution in [1.82, 2.24) is 10.5 Å². The normalized spacial score (nSPS) is 15.1. The molecule has 5 heteroatoms. The van der Waals surface area contributed by atoms with Gasteiger partial charge in [0.2, 0.25) is 0 Å². The van der Waals surface area contributed by atoms with Crippen LogP contribution in [0.5, 0.6) is 0 Å². The number of amides is 1. The van der Waals surface area contributed by atoms with Crippen molar-refractivity contribution in [3.05, 3.63) is 107 Å². The quantitative estimate of drug-likeness (QED) is 0.205. The molecule has 0 spiro atoms. The van der Waals surface area contributed by atoms with Crippen LogP contribution in [0.25, 0.3) is 17.0 Å². The lowest BCUT2D eigenvalue weighted by atomic mass is 10.0. The molecule has 0 saturated heterocycles. The van der Waals surface area contributed by atoms with Gasteiger partial charge in [0.1, 0.15) is 0 Å². The molecule has 1 aromatic heterocycles. The van der Waals surface area contributed by atoms with Crippen LogP contribution >= 0.6 is 0 Å². The number of rotatable bonds is 7. The molecule has 1 atom stereocenters. The second kappa shape index (κ2) is 9.35. The fourth-order valence-corrected chi connectivity index (χ4v) is 4.92. The van der Waals surface area contributed by atoms with Crippen LogP contribution in [0.3, 0.4) is 0 Å². The molecular formula is C28H27N3O2. The van der Waals surface area contributed by atoms with Gasteiger partial charge >= 0.3 is 0 Å². The molecule has 33 heavy (non-hydrogen) atoms. The van der Waals surface area contributed by atoms with E-state index in [0.29, 0.717) is 6.04 Å². The summed E-state index contributed by atoms with van der Waals surface area (Å²) < 4.78 is 0. The van der Waals surface area contributed by atoms with Crippen LogP contribution in [0.15, 0.2) is 85.1 Å². The number of aromatic amines is 1. The highest BCUT2D eigenvalue weighted by Gasteiger charge is 2.28. The summed E-state index contributed by atoms with van der Waals surface area (Å²) in [5, 5.41) is 9.98. The van der Waals surface area contributed by atoms with Crippen molar-refractivity contribution in [2.24, 2.45) is 0 Å². The van der Waals surface area contributed by atoms with Crippen molar-refractivity contribution >= 4 is 28.6 Å². The summed E-state index contributed by atoms with van der Waals surface area (Å²) in [6, 6.07) is 25.8. The predicted octanol–water partition coefficient (Wildman–Crippen LogP) is 5.42. The molecule has 0 fully saturated rings. The smallest absolute Gasteiger partial charge is 0.267 e. The molecular weight excluding hydrogens is 410 g/mol. The Bertz CT molecular complexity index is 1290. The third-order valence-corrected chi connectivity index (χ3v) is 6.51. The minimum absolute atomic E-state index is 0.311. The van der Waals surface area contributed by atoms with Gasteiger partial charge < -0.3 is 9.88 Å². The Morgan fingerprint density at radius 1 is 1.09 bits per heavy atom. The third kappa shape index (κ3) is 4.41.